The van der Waals surface area contributed by atoms with Gasteiger partial charge in [-0.25, -0.2) is 9.78 Å². The lowest BCUT2D eigenvalue weighted by molar-refractivity contribution is -0.123. The van der Waals surface area contributed by atoms with Crippen molar-refractivity contribution in [1.82, 2.24) is 4.98 Å². The molecule has 0 radical (unpaired) electrons. The fourth-order valence-electron chi connectivity index (χ4n) is 3.68. The van der Waals surface area contributed by atoms with Crippen LogP contribution in [0.25, 0.3) is 0 Å². The summed E-state index contributed by atoms with van der Waals surface area (Å²) < 4.78 is 4.99. The summed E-state index contributed by atoms with van der Waals surface area (Å²) in [6, 6.07) is 0.256. The van der Waals surface area contributed by atoms with E-state index < -0.39 is 5.97 Å². The topological polar surface area (TPSA) is 59.5 Å². The average molecular weight is 332 g/mol. The molecule has 1 heterocycles. The first kappa shape index (κ1) is 14.9. The van der Waals surface area contributed by atoms with Crippen molar-refractivity contribution in [2.75, 3.05) is 11.5 Å². The Hall–Kier alpha value is -1.69. The van der Waals surface area contributed by atoms with E-state index in [2.05, 4.69) is 17.1 Å². The number of anilines is 1. The SMILES string of the molecule is CCOC(=O)c1csc(N(C(=O)[C@H]2C[C@H]3C=C[C@H]2C3)C2CC2)n1. The minimum absolute atomic E-state index is 0.0838. The standard InChI is InChI=1S/C17H20N2O3S/c1-2-22-16(21)14-9-23-17(18-14)19(12-5-6-12)15(20)13-8-10-3-4-11(13)7-10/h3-4,9-13H,2,5-8H2,1H3/t10-,11-,13-/m0/s1. The number of nitrogens with zero attached hydrogens (tertiary/aromatic N) is 2. The highest BCUT2D eigenvalue weighted by Gasteiger charge is 2.45. The van der Waals surface area contributed by atoms with E-state index >= 15 is 0 Å². The van der Waals surface area contributed by atoms with Gasteiger partial charge < -0.3 is 4.74 Å². The van der Waals surface area contributed by atoms with E-state index in [1.807, 2.05) is 4.90 Å². The first-order valence-electron chi connectivity index (χ1n) is 8.31. The third kappa shape index (κ3) is 2.69. The number of carbonyl (C=O) groups is 2. The molecule has 5 nitrogen and oxygen atoms in total. The van der Waals surface area contributed by atoms with Crippen LogP contribution < -0.4 is 4.90 Å². The zero-order valence-corrected chi connectivity index (χ0v) is 13.9. The zero-order chi connectivity index (χ0) is 16.0. The van der Waals surface area contributed by atoms with Crippen molar-refractivity contribution in [3.8, 4) is 0 Å². The quantitative estimate of drug-likeness (QED) is 0.614. The van der Waals surface area contributed by atoms with Gasteiger partial charge in [0, 0.05) is 17.3 Å². The van der Waals surface area contributed by atoms with Crippen LogP contribution in [0, 0.1) is 17.8 Å². The van der Waals surface area contributed by atoms with Crippen molar-refractivity contribution < 1.29 is 14.3 Å². The number of carbonyl (C=O) groups excluding carboxylic acids is 2. The number of hydrogen-bond acceptors (Lipinski definition) is 5. The van der Waals surface area contributed by atoms with E-state index in [9.17, 15) is 9.59 Å². The number of aromatic nitrogens is 1. The lowest BCUT2D eigenvalue weighted by Gasteiger charge is -2.26. The van der Waals surface area contributed by atoms with E-state index in [1.54, 1.807) is 12.3 Å². The van der Waals surface area contributed by atoms with Crippen molar-refractivity contribution in [3.63, 3.8) is 0 Å². The van der Waals surface area contributed by atoms with Gasteiger partial charge in [-0.15, -0.1) is 11.3 Å². The van der Waals surface area contributed by atoms with Gasteiger partial charge in [-0.2, -0.15) is 0 Å². The predicted octanol–water partition coefficient (Wildman–Crippen LogP) is 3.03. The number of esters is 1. The van der Waals surface area contributed by atoms with Gasteiger partial charge in [0.1, 0.15) is 0 Å². The molecule has 0 aliphatic heterocycles. The van der Waals surface area contributed by atoms with Crippen LogP contribution in [0.15, 0.2) is 17.5 Å². The molecule has 3 aliphatic rings. The maximum atomic E-state index is 13.1. The molecule has 0 N–H and O–H groups in total. The Balaban J connectivity index is 1.55. The number of hydrogen-bond donors (Lipinski definition) is 0. The Kier molecular flexibility index (Phi) is 3.71. The summed E-state index contributed by atoms with van der Waals surface area (Å²) in [4.78, 5) is 31.1. The molecule has 0 aromatic carbocycles. The van der Waals surface area contributed by atoms with Gasteiger partial charge in [-0.1, -0.05) is 12.2 Å². The number of rotatable bonds is 5. The van der Waals surface area contributed by atoms with E-state index in [4.69, 9.17) is 4.74 Å². The number of fused-ring (bicyclic) bond motifs is 2. The molecule has 122 valence electrons. The van der Waals surface area contributed by atoms with Crippen LogP contribution in [-0.4, -0.2) is 29.5 Å². The fourth-order valence-corrected chi connectivity index (χ4v) is 4.55. The molecule has 1 amide bonds. The summed E-state index contributed by atoms with van der Waals surface area (Å²) in [6.07, 6.45) is 8.57. The minimum atomic E-state index is -0.416. The lowest BCUT2D eigenvalue weighted by atomic mass is 9.92. The third-order valence-corrected chi connectivity index (χ3v) is 5.77. The average Bonchev–Trinajstić information content (AvgIpc) is 2.98. The molecule has 2 fully saturated rings. The van der Waals surface area contributed by atoms with Crippen LogP contribution in [0.4, 0.5) is 5.13 Å². The van der Waals surface area contributed by atoms with E-state index in [0.717, 1.165) is 25.7 Å². The summed E-state index contributed by atoms with van der Waals surface area (Å²) >= 11 is 1.36. The van der Waals surface area contributed by atoms with Crippen molar-refractivity contribution in [2.24, 2.45) is 17.8 Å². The van der Waals surface area contributed by atoms with E-state index in [0.29, 0.717) is 29.3 Å². The monoisotopic (exact) mass is 332 g/mol. The molecule has 3 aliphatic carbocycles. The molecule has 0 unspecified atom stereocenters. The fraction of sp³-hybridized carbons (Fsp3) is 0.588. The van der Waals surface area contributed by atoms with E-state index in [-0.39, 0.29) is 17.9 Å². The predicted molar refractivity (Wildman–Crippen MR) is 87.4 cm³/mol. The molecule has 2 saturated carbocycles. The Morgan fingerprint density at radius 3 is 2.78 bits per heavy atom. The van der Waals surface area contributed by atoms with Crippen molar-refractivity contribution in [1.29, 1.82) is 0 Å². The molecule has 0 saturated heterocycles. The summed E-state index contributed by atoms with van der Waals surface area (Å²) in [7, 11) is 0. The van der Waals surface area contributed by atoms with Gasteiger partial charge in [-0.05, 0) is 44.4 Å². The van der Waals surface area contributed by atoms with Gasteiger partial charge in [0.2, 0.25) is 5.91 Å². The summed E-state index contributed by atoms with van der Waals surface area (Å²) in [5.41, 5.74) is 0.304. The molecule has 23 heavy (non-hydrogen) atoms. The number of allylic oxidation sites excluding steroid dienone is 2. The molecule has 4 rings (SSSR count). The normalized spacial score (nSPS) is 28.1. The Morgan fingerprint density at radius 2 is 2.17 bits per heavy atom. The highest BCUT2D eigenvalue weighted by atomic mass is 32.1. The van der Waals surface area contributed by atoms with Gasteiger partial charge in [0.15, 0.2) is 10.8 Å². The molecule has 1 aromatic heterocycles. The number of amides is 1. The third-order valence-electron chi connectivity index (χ3n) is 4.93. The van der Waals surface area contributed by atoms with Crippen LogP contribution >= 0.6 is 11.3 Å². The van der Waals surface area contributed by atoms with Gasteiger partial charge in [0.05, 0.1) is 6.61 Å². The molecular weight excluding hydrogens is 312 g/mol. The van der Waals surface area contributed by atoms with Gasteiger partial charge >= 0.3 is 5.97 Å². The maximum Gasteiger partial charge on any atom is 0.357 e. The summed E-state index contributed by atoms with van der Waals surface area (Å²) in [6.45, 7) is 2.10. The van der Waals surface area contributed by atoms with Crippen molar-refractivity contribution >= 4 is 28.3 Å². The lowest BCUT2D eigenvalue weighted by Crippen LogP contribution is -2.39. The Labute approximate surface area is 139 Å². The highest BCUT2D eigenvalue weighted by Crippen LogP contribution is 2.46. The zero-order valence-electron chi connectivity index (χ0n) is 13.1. The van der Waals surface area contributed by atoms with Crippen LogP contribution in [0.5, 0.6) is 0 Å². The van der Waals surface area contributed by atoms with Crippen molar-refractivity contribution in [2.45, 2.75) is 38.6 Å². The highest BCUT2D eigenvalue weighted by molar-refractivity contribution is 7.14. The molecular formula is C17H20N2O3S. The van der Waals surface area contributed by atoms with Crippen molar-refractivity contribution in [3.05, 3.63) is 23.2 Å². The summed E-state index contributed by atoms with van der Waals surface area (Å²) in [5.74, 6) is 0.815. The smallest absolute Gasteiger partial charge is 0.357 e. The number of ether oxygens (including phenoxy) is 1. The van der Waals surface area contributed by atoms with Crippen LogP contribution in [0.1, 0.15) is 43.1 Å². The minimum Gasteiger partial charge on any atom is -0.461 e. The van der Waals surface area contributed by atoms with Crippen LogP contribution in [0.3, 0.4) is 0 Å². The second-order valence-corrected chi connectivity index (χ2v) is 7.40. The molecule has 2 bridgehead atoms. The van der Waals surface area contributed by atoms with Gasteiger partial charge in [0.25, 0.3) is 0 Å². The first-order chi connectivity index (χ1) is 11.2. The molecule has 3 atom stereocenters. The van der Waals surface area contributed by atoms with Gasteiger partial charge in [-0.3, -0.25) is 9.69 Å². The number of thiazole rings is 1. The summed E-state index contributed by atoms with van der Waals surface area (Å²) in [5, 5.41) is 2.34. The first-order valence-corrected chi connectivity index (χ1v) is 9.19. The molecule has 6 heteroatoms. The van der Waals surface area contributed by atoms with Crippen LogP contribution in [0.2, 0.25) is 0 Å². The second kappa shape index (κ2) is 5.74. The Bertz CT molecular complexity index is 665. The van der Waals surface area contributed by atoms with E-state index in [1.165, 1.54) is 11.3 Å². The molecule has 0 spiro atoms. The second-order valence-electron chi connectivity index (χ2n) is 6.56. The largest absolute Gasteiger partial charge is 0.461 e. The molecule has 1 aromatic rings. The Morgan fingerprint density at radius 1 is 1.35 bits per heavy atom. The van der Waals surface area contributed by atoms with Crippen LogP contribution in [-0.2, 0) is 9.53 Å². The maximum absolute atomic E-state index is 13.1.